The zero-order valence-corrected chi connectivity index (χ0v) is 9.82. The number of carbonyl (C=O) groups is 2. The van der Waals surface area contributed by atoms with Gasteiger partial charge >= 0.3 is 5.97 Å². The molecule has 0 bridgehead atoms. The standard InChI is InChI=1S/C13H9ClO3/c1-8(15)17-12-10-5-3-2-4-9(10)6-7-11(12)13(14)16/h2-7H,1H3. The van der Waals surface area contributed by atoms with E-state index in [9.17, 15) is 9.59 Å². The molecule has 0 aliphatic carbocycles. The lowest BCUT2D eigenvalue weighted by Gasteiger charge is -2.09. The van der Waals surface area contributed by atoms with Gasteiger partial charge in [0.05, 0.1) is 5.56 Å². The van der Waals surface area contributed by atoms with Gasteiger partial charge in [0.15, 0.2) is 5.75 Å². The van der Waals surface area contributed by atoms with E-state index in [2.05, 4.69) is 0 Å². The summed E-state index contributed by atoms with van der Waals surface area (Å²) < 4.78 is 5.08. The Hall–Kier alpha value is -1.87. The number of esters is 1. The van der Waals surface area contributed by atoms with E-state index in [4.69, 9.17) is 16.3 Å². The zero-order valence-electron chi connectivity index (χ0n) is 9.07. The predicted octanol–water partition coefficient (Wildman–Crippen LogP) is 3.14. The number of hydrogen-bond acceptors (Lipinski definition) is 3. The molecule has 2 rings (SSSR count). The molecule has 4 heteroatoms. The van der Waals surface area contributed by atoms with Gasteiger partial charge in [-0.05, 0) is 23.1 Å². The van der Waals surface area contributed by atoms with Gasteiger partial charge < -0.3 is 4.74 Å². The lowest BCUT2D eigenvalue weighted by atomic mass is 10.1. The van der Waals surface area contributed by atoms with Crippen LogP contribution >= 0.6 is 11.6 Å². The maximum atomic E-state index is 11.3. The van der Waals surface area contributed by atoms with Crippen LogP contribution in [-0.2, 0) is 4.79 Å². The molecule has 0 N–H and O–H groups in total. The number of ether oxygens (including phenoxy) is 1. The molecule has 0 aliphatic rings. The van der Waals surface area contributed by atoms with Crippen LogP contribution < -0.4 is 4.74 Å². The van der Waals surface area contributed by atoms with E-state index in [0.717, 1.165) is 5.39 Å². The highest BCUT2D eigenvalue weighted by Gasteiger charge is 2.15. The summed E-state index contributed by atoms with van der Waals surface area (Å²) >= 11 is 5.46. The third kappa shape index (κ3) is 2.29. The largest absolute Gasteiger partial charge is 0.425 e. The molecule has 0 amide bonds. The molecule has 0 spiro atoms. The van der Waals surface area contributed by atoms with Crippen molar-refractivity contribution in [3.63, 3.8) is 0 Å². The maximum Gasteiger partial charge on any atom is 0.308 e. The molecule has 0 unspecified atom stereocenters. The highest BCUT2D eigenvalue weighted by molar-refractivity contribution is 6.68. The SMILES string of the molecule is CC(=O)Oc1c(C(=O)Cl)ccc2ccccc12. The van der Waals surface area contributed by atoms with Gasteiger partial charge in [0.2, 0.25) is 0 Å². The average molecular weight is 249 g/mol. The molecule has 86 valence electrons. The van der Waals surface area contributed by atoms with Gasteiger partial charge in [-0.3, -0.25) is 9.59 Å². The summed E-state index contributed by atoms with van der Waals surface area (Å²) in [5, 5.41) is 0.923. The third-order valence-electron chi connectivity index (χ3n) is 2.34. The molecule has 0 saturated carbocycles. The molecule has 2 aromatic carbocycles. The van der Waals surface area contributed by atoms with Gasteiger partial charge in [0.1, 0.15) is 0 Å². The molecule has 2 aromatic rings. The molecule has 0 saturated heterocycles. The minimum Gasteiger partial charge on any atom is -0.425 e. The van der Waals surface area contributed by atoms with Crippen LogP contribution in [0.25, 0.3) is 10.8 Å². The summed E-state index contributed by atoms with van der Waals surface area (Å²) in [6.07, 6.45) is 0. The van der Waals surface area contributed by atoms with Crippen LogP contribution in [0, 0.1) is 0 Å². The molecule has 3 nitrogen and oxygen atoms in total. The highest BCUT2D eigenvalue weighted by Crippen LogP contribution is 2.31. The molecule has 0 radical (unpaired) electrons. The Morgan fingerprint density at radius 2 is 1.82 bits per heavy atom. The Bertz CT molecular complexity index is 605. The lowest BCUT2D eigenvalue weighted by molar-refractivity contribution is -0.131. The maximum absolute atomic E-state index is 11.3. The van der Waals surface area contributed by atoms with Crippen molar-refractivity contribution in [1.82, 2.24) is 0 Å². The number of hydrogen-bond donors (Lipinski definition) is 0. The average Bonchev–Trinajstić information content (AvgIpc) is 2.28. The van der Waals surface area contributed by atoms with E-state index in [1.54, 1.807) is 24.3 Å². The smallest absolute Gasteiger partial charge is 0.308 e. The van der Waals surface area contributed by atoms with Gasteiger partial charge in [0.25, 0.3) is 5.24 Å². The van der Waals surface area contributed by atoms with Crippen LogP contribution in [0.3, 0.4) is 0 Å². The van der Waals surface area contributed by atoms with E-state index < -0.39 is 11.2 Å². The fourth-order valence-corrected chi connectivity index (χ4v) is 1.80. The topological polar surface area (TPSA) is 43.4 Å². The van der Waals surface area contributed by atoms with Crippen LogP contribution in [0.15, 0.2) is 36.4 Å². The second-order valence-corrected chi connectivity index (χ2v) is 3.87. The Kier molecular flexibility index (Phi) is 3.11. The van der Waals surface area contributed by atoms with Crippen molar-refractivity contribution >= 4 is 33.6 Å². The van der Waals surface area contributed by atoms with Crippen LogP contribution in [0.1, 0.15) is 17.3 Å². The minimum atomic E-state index is -0.646. The van der Waals surface area contributed by atoms with E-state index in [1.165, 1.54) is 6.92 Å². The number of halogens is 1. The fraction of sp³-hybridized carbons (Fsp3) is 0.0769. The molecule has 0 aromatic heterocycles. The van der Waals surface area contributed by atoms with Gasteiger partial charge in [-0.25, -0.2) is 0 Å². The number of benzene rings is 2. The van der Waals surface area contributed by atoms with Crippen molar-refractivity contribution < 1.29 is 14.3 Å². The van der Waals surface area contributed by atoms with E-state index in [-0.39, 0.29) is 11.3 Å². The Morgan fingerprint density at radius 1 is 1.12 bits per heavy atom. The first-order valence-electron chi connectivity index (χ1n) is 4.99. The summed E-state index contributed by atoms with van der Waals surface area (Å²) in [5.74, 6) is -0.267. The second kappa shape index (κ2) is 4.55. The Balaban J connectivity index is 2.74. The molecular weight excluding hydrogens is 240 g/mol. The molecule has 0 fully saturated rings. The van der Waals surface area contributed by atoms with E-state index in [0.29, 0.717) is 5.39 Å². The first kappa shape index (κ1) is 11.6. The minimum absolute atomic E-state index is 0.195. The van der Waals surface area contributed by atoms with Crippen molar-refractivity contribution in [2.45, 2.75) is 6.92 Å². The van der Waals surface area contributed by atoms with Crippen molar-refractivity contribution in [3.05, 3.63) is 42.0 Å². The number of rotatable bonds is 2. The molecular formula is C13H9ClO3. The van der Waals surface area contributed by atoms with Crippen molar-refractivity contribution in [2.24, 2.45) is 0 Å². The van der Waals surface area contributed by atoms with Gasteiger partial charge in [-0.1, -0.05) is 30.3 Å². The first-order valence-corrected chi connectivity index (χ1v) is 5.37. The Morgan fingerprint density at radius 3 is 2.47 bits per heavy atom. The van der Waals surface area contributed by atoms with Crippen LogP contribution in [0.2, 0.25) is 0 Å². The third-order valence-corrected chi connectivity index (χ3v) is 2.54. The van der Waals surface area contributed by atoms with Crippen LogP contribution in [0.4, 0.5) is 0 Å². The number of fused-ring (bicyclic) bond motifs is 1. The van der Waals surface area contributed by atoms with E-state index in [1.807, 2.05) is 12.1 Å². The molecule has 17 heavy (non-hydrogen) atoms. The van der Waals surface area contributed by atoms with Gasteiger partial charge in [0, 0.05) is 12.3 Å². The quantitative estimate of drug-likeness (QED) is 0.466. The fourth-order valence-electron chi connectivity index (χ4n) is 1.65. The Labute approximate surface area is 103 Å². The molecule has 0 atom stereocenters. The van der Waals surface area contributed by atoms with Crippen molar-refractivity contribution in [1.29, 1.82) is 0 Å². The summed E-state index contributed by atoms with van der Waals surface area (Å²) in [4.78, 5) is 22.3. The molecule has 0 heterocycles. The first-order chi connectivity index (χ1) is 8.09. The highest BCUT2D eigenvalue weighted by atomic mass is 35.5. The zero-order chi connectivity index (χ0) is 12.4. The lowest BCUT2D eigenvalue weighted by Crippen LogP contribution is -2.06. The summed E-state index contributed by atoms with van der Waals surface area (Å²) in [5.41, 5.74) is 0.195. The van der Waals surface area contributed by atoms with Crippen LogP contribution in [-0.4, -0.2) is 11.2 Å². The van der Waals surface area contributed by atoms with E-state index >= 15 is 0 Å². The van der Waals surface area contributed by atoms with Crippen molar-refractivity contribution in [3.8, 4) is 5.75 Å². The molecule has 0 aliphatic heterocycles. The van der Waals surface area contributed by atoms with Crippen molar-refractivity contribution in [2.75, 3.05) is 0 Å². The predicted molar refractivity (Wildman–Crippen MR) is 65.4 cm³/mol. The summed E-state index contributed by atoms with van der Waals surface area (Å²) in [7, 11) is 0. The normalized spacial score (nSPS) is 10.2. The summed E-state index contributed by atoms with van der Waals surface area (Å²) in [6, 6.07) is 10.6. The van der Waals surface area contributed by atoms with Gasteiger partial charge in [-0.2, -0.15) is 0 Å². The van der Waals surface area contributed by atoms with Gasteiger partial charge in [-0.15, -0.1) is 0 Å². The monoisotopic (exact) mass is 248 g/mol. The van der Waals surface area contributed by atoms with Crippen LogP contribution in [0.5, 0.6) is 5.75 Å². The number of carbonyl (C=O) groups excluding carboxylic acids is 2. The second-order valence-electron chi connectivity index (χ2n) is 3.53. The summed E-state index contributed by atoms with van der Waals surface area (Å²) in [6.45, 7) is 1.28.